The second-order valence-electron chi connectivity index (χ2n) is 4.54. The summed E-state index contributed by atoms with van der Waals surface area (Å²) in [6.45, 7) is 4.25. The molecule has 0 radical (unpaired) electrons. The normalized spacial score (nSPS) is 11.7. The Balaban J connectivity index is 2.46. The van der Waals surface area contributed by atoms with Gasteiger partial charge in [0, 0.05) is 0 Å². The number of carbonyl (C=O) groups excluding carboxylic acids is 2. The first kappa shape index (κ1) is 16.2. The fourth-order valence-electron chi connectivity index (χ4n) is 1.69. The summed E-state index contributed by atoms with van der Waals surface area (Å²) in [4.78, 5) is 23.7. The van der Waals surface area contributed by atoms with Gasteiger partial charge in [-0.2, -0.15) is 0 Å². The minimum absolute atomic E-state index is 0.381. The van der Waals surface area contributed by atoms with Crippen molar-refractivity contribution < 1.29 is 19.1 Å². The number of carbonyl (C=O) groups is 2. The van der Waals surface area contributed by atoms with Crippen molar-refractivity contribution in [2.24, 2.45) is 0 Å². The minimum atomic E-state index is -0.829. The lowest BCUT2D eigenvalue weighted by Gasteiger charge is -2.15. The number of esters is 2. The van der Waals surface area contributed by atoms with Gasteiger partial charge in [0.2, 0.25) is 0 Å². The number of hydrogen-bond acceptors (Lipinski definition) is 4. The number of rotatable bonds is 8. The molecule has 1 unspecified atom stereocenters. The molecular weight excluding hydrogens is 256 g/mol. The van der Waals surface area contributed by atoms with Gasteiger partial charge in [-0.05, 0) is 25.0 Å². The molecule has 0 bridgehead atoms. The highest BCUT2D eigenvalue weighted by molar-refractivity contribution is 5.91. The van der Waals surface area contributed by atoms with Crippen molar-refractivity contribution in [1.82, 2.24) is 0 Å². The van der Waals surface area contributed by atoms with E-state index < -0.39 is 18.0 Å². The molecule has 0 aliphatic rings. The average molecular weight is 278 g/mol. The van der Waals surface area contributed by atoms with Crippen LogP contribution in [0, 0.1) is 0 Å². The van der Waals surface area contributed by atoms with E-state index in [0.29, 0.717) is 18.6 Å². The van der Waals surface area contributed by atoms with Crippen LogP contribution >= 0.6 is 0 Å². The smallest absolute Gasteiger partial charge is 0.347 e. The molecule has 0 aromatic heterocycles. The van der Waals surface area contributed by atoms with Gasteiger partial charge in [0.25, 0.3) is 0 Å². The van der Waals surface area contributed by atoms with Gasteiger partial charge in [-0.3, -0.25) is 0 Å². The lowest BCUT2D eigenvalue weighted by molar-refractivity contribution is -0.154. The molecule has 0 N–H and O–H groups in total. The Hall–Kier alpha value is -1.84. The minimum Gasteiger partial charge on any atom is -0.463 e. The number of hydrogen-bond donors (Lipinski definition) is 0. The maximum Gasteiger partial charge on any atom is 0.347 e. The van der Waals surface area contributed by atoms with Crippen LogP contribution in [0.15, 0.2) is 30.3 Å². The molecule has 4 nitrogen and oxygen atoms in total. The van der Waals surface area contributed by atoms with Gasteiger partial charge in [0.1, 0.15) is 0 Å². The van der Waals surface area contributed by atoms with Crippen LogP contribution in [-0.2, 0) is 14.3 Å². The predicted molar refractivity (Wildman–Crippen MR) is 76.4 cm³/mol. The topological polar surface area (TPSA) is 52.6 Å². The summed E-state index contributed by atoms with van der Waals surface area (Å²) in [5, 5.41) is 0. The first-order valence-corrected chi connectivity index (χ1v) is 7.11. The van der Waals surface area contributed by atoms with E-state index in [9.17, 15) is 9.59 Å². The molecule has 0 aliphatic carbocycles. The van der Waals surface area contributed by atoms with Crippen molar-refractivity contribution >= 4 is 11.9 Å². The lowest BCUT2D eigenvalue weighted by atomic mass is 10.2. The highest BCUT2D eigenvalue weighted by atomic mass is 16.6. The third-order valence-corrected chi connectivity index (χ3v) is 2.88. The summed E-state index contributed by atoms with van der Waals surface area (Å²) < 4.78 is 10.3. The SMILES string of the molecule is CCCCCOC(=O)C(CC)OC(=O)c1ccccc1. The van der Waals surface area contributed by atoms with E-state index in [2.05, 4.69) is 6.92 Å². The molecule has 1 atom stereocenters. The standard InChI is InChI=1S/C16H22O4/c1-3-5-9-12-19-16(18)14(4-2)20-15(17)13-10-7-6-8-11-13/h6-8,10-11,14H,3-5,9,12H2,1-2H3. The van der Waals surface area contributed by atoms with E-state index in [1.165, 1.54) is 0 Å². The van der Waals surface area contributed by atoms with Gasteiger partial charge >= 0.3 is 11.9 Å². The quantitative estimate of drug-likeness (QED) is 0.540. The molecule has 0 saturated heterocycles. The molecule has 0 spiro atoms. The third-order valence-electron chi connectivity index (χ3n) is 2.88. The van der Waals surface area contributed by atoms with Crippen LogP contribution in [0.3, 0.4) is 0 Å². The van der Waals surface area contributed by atoms with Crippen LogP contribution in [0.1, 0.15) is 49.9 Å². The zero-order valence-corrected chi connectivity index (χ0v) is 12.1. The van der Waals surface area contributed by atoms with E-state index in [0.717, 1.165) is 19.3 Å². The third kappa shape index (κ3) is 5.43. The van der Waals surface area contributed by atoms with Crippen molar-refractivity contribution in [3.8, 4) is 0 Å². The summed E-state index contributed by atoms with van der Waals surface area (Å²) >= 11 is 0. The Morgan fingerprint density at radius 2 is 1.80 bits per heavy atom. The summed E-state index contributed by atoms with van der Waals surface area (Å²) in [5.74, 6) is -0.962. The maximum atomic E-state index is 11.9. The molecule has 0 fully saturated rings. The monoisotopic (exact) mass is 278 g/mol. The average Bonchev–Trinajstić information content (AvgIpc) is 2.49. The molecular formula is C16H22O4. The zero-order chi connectivity index (χ0) is 14.8. The van der Waals surface area contributed by atoms with Gasteiger partial charge in [0.05, 0.1) is 12.2 Å². The van der Waals surface area contributed by atoms with Crippen LogP contribution in [0.25, 0.3) is 0 Å². The van der Waals surface area contributed by atoms with E-state index in [-0.39, 0.29) is 0 Å². The fraction of sp³-hybridized carbons (Fsp3) is 0.500. The van der Waals surface area contributed by atoms with E-state index >= 15 is 0 Å². The maximum absolute atomic E-state index is 11.9. The molecule has 0 aliphatic heterocycles. The van der Waals surface area contributed by atoms with Crippen molar-refractivity contribution in [3.63, 3.8) is 0 Å². The highest BCUT2D eigenvalue weighted by Gasteiger charge is 2.23. The van der Waals surface area contributed by atoms with Crippen molar-refractivity contribution in [2.45, 2.75) is 45.6 Å². The van der Waals surface area contributed by atoms with E-state index in [1.54, 1.807) is 31.2 Å². The number of benzene rings is 1. The molecule has 0 saturated carbocycles. The Bertz CT molecular complexity index is 414. The van der Waals surface area contributed by atoms with Crippen LogP contribution in [0.2, 0.25) is 0 Å². The second-order valence-corrected chi connectivity index (χ2v) is 4.54. The first-order valence-electron chi connectivity index (χ1n) is 7.11. The van der Waals surface area contributed by atoms with Crippen LogP contribution in [0.4, 0.5) is 0 Å². The Morgan fingerprint density at radius 1 is 1.10 bits per heavy atom. The molecule has 1 rings (SSSR count). The van der Waals surface area contributed by atoms with Gasteiger partial charge in [0.15, 0.2) is 6.10 Å². The molecule has 1 aromatic carbocycles. The van der Waals surface area contributed by atoms with Gasteiger partial charge in [-0.1, -0.05) is 44.9 Å². The largest absolute Gasteiger partial charge is 0.463 e. The Labute approximate surface area is 120 Å². The Kier molecular flexibility index (Phi) is 7.40. The van der Waals surface area contributed by atoms with E-state index in [1.807, 2.05) is 6.07 Å². The fourth-order valence-corrected chi connectivity index (χ4v) is 1.69. The van der Waals surface area contributed by atoms with Gasteiger partial charge < -0.3 is 9.47 Å². The molecule has 0 heterocycles. The summed E-state index contributed by atoms with van der Waals surface area (Å²) in [6, 6.07) is 8.63. The summed E-state index contributed by atoms with van der Waals surface area (Å²) in [6.07, 6.45) is 2.51. The first-order chi connectivity index (χ1) is 9.69. The molecule has 20 heavy (non-hydrogen) atoms. The molecule has 110 valence electrons. The van der Waals surface area contributed by atoms with Gasteiger partial charge in [-0.15, -0.1) is 0 Å². The highest BCUT2D eigenvalue weighted by Crippen LogP contribution is 2.08. The van der Waals surface area contributed by atoms with Crippen molar-refractivity contribution in [2.75, 3.05) is 6.61 Å². The van der Waals surface area contributed by atoms with E-state index in [4.69, 9.17) is 9.47 Å². The Morgan fingerprint density at radius 3 is 2.40 bits per heavy atom. The van der Waals surface area contributed by atoms with Crippen LogP contribution < -0.4 is 0 Å². The van der Waals surface area contributed by atoms with Crippen LogP contribution in [-0.4, -0.2) is 24.6 Å². The second kappa shape index (κ2) is 9.13. The lowest BCUT2D eigenvalue weighted by Crippen LogP contribution is -2.29. The molecule has 0 amide bonds. The molecule has 1 aromatic rings. The molecule has 4 heteroatoms. The summed E-state index contributed by atoms with van der Waals surface area (Å²) in [7, 11) is 0. The van der Waals surface area contributed by atoms with Gasteiger partial charge in [-0.25, -0.2) is 9.59 Å². The summed E-state index contributed by atoms with van der Waals surface area (Å²) in [5.41, 5.74) is 0.435. The van der Waals surface area contributed by atoms with Crippen LogP contribution in [0.5, 0.6) is 0 Å². The van der Waals surface area contributed by atoms with Crippen molar-refractivity contribution in [3.05, 3.63) is 35.9 Å². The number of unbranched alkanes of at least 4 members (excludes halogenated alkanes) is 2. The predicted octanol–water partition coefficient (Wildman–Crippen LogP) is 3.36. The van der Waals surface area contributed by atoms with Crippen molar-refractivity contribution in [1.29, 1.82) is 0 Å². The zero-order valence-electron chi connectivity index (χ0n) is 12.1. The number of ether oxygens (including phenoxy) is 2.